The predicted molar refractivity (Wildman–Crippen MR) is 66.8 cm³/mol. The quantitative estimate of drug-likeness (QED) is 0.747. The molecule has 0 atom stereocenters. The number of H-pyrrole nitrogens is 1. The summed E-state index contributed by atoms with van der Waals surface area (Å²) in [7, 11) is 0. The second-order valence-corrected chi connectivity index (χ2v) is 2.76. The lowest BCUT2D eigenvalue weighted by Gasteiger charge is -1.96. The van der Waals surface area contributed by atoms with Crippen LogP contribution in [0.5, 0.6) is 0 Å². The molecule has 0 radical (unpaired) electrons. The highest BCUT2D eigenvalue weighted by molar-refractivity contribution is 5.72. The first kappa shape index (κ1) is 14.4. The average Bonchev–Trinajstić information content (AvgIpc) is 2.71. The van der Waals surface area contributed by atoms with E-state index >= 15 is 0 Å². The molecule has 0 bridgehead atoms. The molecule has 0 amide bonds. The first-order valence-electron chi connectivity index (χ1n) is 5.63. The summed E-state index contributed by atoms with van der Waals surface area (Å²) >= 11 is 0. The van der Waals surface area contributed by atoms with Crippen molar-refractivity contribution in [3.63, 3.8) is 0 Å². The Morgan fingerprint density at radius 3 is 2.31 bits per heavy atom. The van der Waals surface area contributed by atoms with Crippen molar-refractivity contribution >= 4 is 11.2 Å². The van der Waals surface area contributed by atoms with Gasteiger partial charge < -0.3 is 4.42 Å². The van der Waals surface area contributed by atoms with Gasteiger partial charge in [-0.15, -0.1) is 0 Å². The molecule has 0 unspecified atom stereocenters. The molecule has 2 aromatic rings. The zero-order chi connectivity index (χ0) is 12.7. The Morgan fingerprint density at radius 2 is 1.75 bits per heavy atom. The molecular weight excluding hydrogens is 204 g/mol. The molecule has 0 aliphatic rings. The summed E-state index contributed by atoms with van der Waals surface area (Å²) in [5, 5.41) is 0. The molecular formula is C12H20N2O2. The minimum atomic E-state index is -0.453. The number of aromatic nitrogens is 2. The van der Waals surface area contributed by atoms with Gasteiger partial charge in [-0.2, -0.15) is 0 Å². The van der Waals surface area contributed by atoms with Crippen LogP contribution >= 0.6 is 0 Å². The molecule has 0 aliphatic heterocycles. The predicted octanol–water partition coefficient (Wildman–Crippen LogP) is 3.19. The lowest BCUT2D eigenvalue weighted by atomic mass is 10.2. The van der Waals surface area contributed by atoms with Crippen molar-refractivity contribution in [3.8, 4) is 0 Å². The monoisotopic (exact) mass is 224 g/mol. The summed E-state index contributed by atoms with van der Waals surface area (Å²) in [4.78, 5) is 17.3. The molecule has 4 nitrogen and oxygen atoms in total. The number of pyridine rings is 1. The van der Waals surface area contributed by atoms with E-state index in [2.05, 4.69) is 9.97 Å². The molecule has 0 saturated carbocycles. The van der Waals surface area contributed by atoms with Crippen LogP contribution in [0.25, 0.3) is 11.2 Å². The summed E-state index contributed by atoms with van der Waals surface area (Å²) < 4.78 is 4.78. The molecule has 2 heterocycles. The SMILES string of the molecule is CC.CC.Cc1cnc2oc(=O)[nH]c2c1C. The van der Waals surface area contributed by atoms with Crippen LogP contribution < -0.4 is 5.76 Å². The Kier molecular flexibility index (Phi) is 6.15. The smallest absolute Gasteiger partial charge is 0.389 e. The zero-order valence-corrected chi connectivity index (χ0v) is 10.8. The first-order chi connectivity index (χ1) is 7.68. The number of rotatable bonds is 0. The zero-order valence-electron chi connectivity index (χ0n) is 10.8. The van der Waals surface area contributed by atoms with E-state index in [9.17, 15) is 4.79 Å². The van der Waals surface area contributed by atoms with Crippen LogP contribution in [0.4, 0.5) is 0 Å². The van der Waals surface area contributed by atoms with Crippen LogP contribution in [0.15, 0.2) is 15.4 Å². The van der Waals surface area contributed by atoms with Gasteiger partial charge in [-0.3, -0.25) is 4.98 Å². The van der Waals surface area contributed by atoms with E-state index in [1.54, 1.807) is 6.20 Å². The number of aryl methyl sites for hydroxylation is 2. The van der Waals surface area contributed by atoms with Crippen molar-refractivity contribution in [3.05, 3.63) is 27.9 Å². The molecule has 2 rings (SSSR count). The van der Waals surface area contributed by atoms with Gasteiger partial charge in [-0.25, -0.2) is 9.78 Å². The van der Waals surface area contributed by atoms with Crippen LogP contribution in [0, 0.1) is 13.8 Å². The Morgan fingerprint density at radius 1 is 1.19 bits per heavy atom. The van der Waals surface area contributed by atoms with Crippen molar-refractivity contribution in [2.75, 3.05) is 0 Å². The maximum Gasteiger partial charge on any atom is 0.418 e. The number of nitrogens with zero attached hydrogens (tertiary/aromatic N) is 1. The second kappa shape index (κ2) is 6.82. The standard InChI is InChI=1S/C8H8N2O2.2C2H6/c1-4-3-9-7-6(5(4)2)10-8(11)12-7;2*1-2/h3H,1-2H3,(H,10,11);2*1-2H3. The Balaban J connectivity index is 0.000000509. The first-order valence-corrected chi connectivity index (χ1v) is 5.63. The number of aromatic amines is 1. The number of nitrogens with one attached hydrogen (secondary N) is 1. The van der Waals surface area contributed by atoms with Gasteiger partial charge in [-0.1, -0.05) is 27.7 Å². The molecule has 4 heteroatoms. The van der Waals surface area contributed by atoms with E-state index in [1.807, 2.05) is 41.5 Å². The third-order valence-electron chi connectivity index (χ3n) is 1.97. The maximum atomic E-state index is 10.8. The normalized spacial score (nSPS) is 8.88. The molecule has 2 aromatic heterocycles. The van der Waals surface area contributed by atoms with E-state index in [1.165, 1.54) is 0 Å². The highest BCUT2D eigenvalue weighted by Gasteiger charge is 2.05. The largest absolute Gasteiger partial charge is 0.418 e. The number of oxazole rings is 1. The molecule has 0 aliphatic carbocycles. The fourth-order valence-electron chi connectivity index (χ4n) is 1.11. The maximum absolute atomic E-state index is 10.8. The minimum Gasteiger partial charge on any atom is -0.389 e. The third kappa shape index (κ3) is 2.95. The van der Waals surface area contributed by atoms with Crippen LogP contribution in [0.2, 0.25) is 0 Å². The summed E-state index contributed by atoms with van der Waals surface area (Å²) in [6.07, 6.45) is 1.69. The summed E-state index contributed by atoms with van der Waals surface area (Å²) in [6, 6.07) is 0. The summed E-state index contributed by atoms with van der Waals surface area (Å²) in [6.45, 7) is 11.9. The van der Waals surface area contributed by atoms with E-state index in [4.69, 9.17) is 4.42 Å². The van der Waals surface area contributed by atoms with Gasteiger partial charge in [0.15, 0.2) is 0 Å². The highest BCUT2D eigenvalue weighted by Crippen LogP contribution is 2.14. The van der Waals surface area contributed by atoms with Gasteiger partial charge in [0.1, 0.15) is 5.52 Å². The average molecular weight is 224 g/mol. The van der Waals surface area contributed by atoms with Crippen molar-refractivity contribution in [1.82, 2.24) is 9.97 Å². The van der Waals surface area contributed by atoms with Crippen molar-refractivity contribution in [2.45, 2.75) is 41.5 Å². The van der Waals surface area contributed by atoms with E-state index in [0.29, 0.717) is 11.2 Å². The fraction of sp³-hybridized carbons (Fsp3) is 0.500. The van der Waals surface area contributed by atoms with Gasteiger partial charge >= 0.3 is 5.76 Å². The fourth-order valence-corrected chi connectivity index (χ4v) is 1.11. The highest BCUT2D eigenvalue weighted by atomic mass is 16.4. The summed E-state index contributed by atoms with van der Waals surface area (Å²) in [5.41, 5.74) is 3.12. The molecule has 0 saturated heterocycles. The van der Waals surface area contributed by atoms with Gasteiger partial charge in [0.25, 0.3) is 0 Å². The lowest BCUT2D eigenvalue weighted by Crippen LogP contribution is -1.93. The topological polar surface area (TPSA) is 58.9 Å². The lowest BCUT2D eigenvalue weighted by molar-refractivity contribution is 0.545. The van der Waals surface area contributed by atoms with Crippen LogP contribution in [-0.2, 0) is 0 Å². The Hall–Kier alpha value is -1.58. The number of hydrogen-bond donors (Lipinski definition) is 1. The van der Waals surface area contributed by atoms with Crippen molar-refractivity contribution in [2.24, 2.45) is 0 Å². The molecule has 0 fully saturated rings. The number of fused-ring (bicyclic) bond motifs is 1. The van der Waals surface area contributed by atoms with Crippen LogP contribution in [-0.4, -0.2) is 9.97 Å². The van der Waals surface area contributed by atoms with Crippen molar-refractivity contribution in [1.29, 1.82) is 0 Å². The Bertz CT molecular complexity index is 483. The third-order valence-corrected chi connectivity index (χ3v) is 1.97. The van der Waals surface area contributed by atoms with Crippen LogP contribution in [0.3, 0.4) is 0 Å². The Labute approximate surface area is 95.7 Å². The minimum absolute atomic E-state index is 0.378. The van der Waals surface area contributed by atoms with E-state index in [-0.39, 0.29) is 0 Å². The van der Waals surface area contributed by atoms with Crippen molar-refractivity contribution < 1.29 is 4.42 Å². The van der Waals surface area contributed by atoms with Gasteiger partial charge in [0, 0.05) is 6.20 Å². The van der Waals surface area contributed by atoms with Gasteiger partial charge in [-0.05, 0) is 25.0 Å². The molecule has 16 heavy (non-hydrogen) atoms. The van der Waals surface area contributed by atoms with E-state index in [0.717, 1.165) is 11.1 Å². The molecule has 90 valence electrons. The van der Waals surface area contributed by atoms with Gasteiger partial charge in [0.05, 0.1) is 0 Å². The molecule has 0 spiro atoms. The van der Waals surface area contributed by atoms with E-state index < -0.39 is 5.76 Å². The molecule has 1 N–H and O–H groups in total. The van der Waals surface area contributed by atoms with Crippen LogP contribution in [0.1, 0.15) is 38.8 Å². The summed E-state index contributed by atoms with van der Waals surface area (Å²) in [5.74, 6) is -0.453. The second-order valence-electron chi connectivity index (χ2n) is 2.76. The van der Waals surface area contributed by atoms with Gasteiger partial charge in [0.2, 0.25) is 5.71 Å². The number of hydrogen-bond acceptors (Lipinski definition) is 3. The molecule has 0 aromatic carbocycles.